The van der Waals surface area contributed by atoms with Gasteiger partial charge in [-0.25, -0.2) is 4.98 Å². The highest BCUT2D eigenvalue weighted by atomic mass is 32.1. The Morgan fingerprint density at radius 1 is 1.44 bits per heavy atom. The van der Waals surface area contributed by atoms with Crippen LogP contribution in [-0.2, 0) is 9.53 Å². The van der Waals surface area contributed by atoms with E-state index in [1.165, 1.54) is 18.4 Å². The first kappa shape index (κ1) is 11.3. The van der Waals surface area contributed by atoms with Gasteiger partial charge in [0.05, 0.1) is 13.0 Å². The lowest BCUT2D eigenvalue weighted by molar-refractivity contribution is -0.145. The fraction of sp³-hybridized carbons (Fsp3) is 0.545. The van der Waals surface area contributed by atoms with Gasteiger partial charge < -0.3 is 4.74 Å². The molecule has 2 unspecified atom stereocenters. The van der Waals surface area contributed by atoms with Gasteiger partial charge in [-0.3, -0.25) is 9.59 Å². The molecule has 0 aliphatic heterocycles. The molecular weight excluding hydrogens is 226 g/mol. The largest absolute Gasteiger partial charge is 0.469 e. The summed E-state index contributed by atoms with van der Waals surface area (Å²) < 4.78 is 4.69. The monoisotopic (exact) mass is 239 g/mol. The molecule has 5 heteroatoms. The van der Waals surface area contributed by atoms with Crippen LogP contribution in [0, 0.1) is 11.8 Å². The molecule has 0 spiro atoms. The lowest BCUT2D eigenvalue weighted by atomic mass is 10.0. The van der Waals surface area contributed by atoms with E-state index in [1.807, 2.05) is 0 Å². The number of esters is 1. The lowest BCUT2D eigenvalue weighted by Gasteiger charge is -2.07. The van der Waals surface area contributed by atoms with Gasteiger partial charge in [0.15, 0.2) is 10.8 Å². The van der Waals surface area contributed by atoms with Crippen LogP contribution in [0.4, 0.5) is 0 Å². The van der Waals surface area contributed by atoms with Gasteiger partial charge in [0.25, 0.3) is 0 Å². The topological polar surface area (TPSA) is 56.3 Å². The predicted molar refractivity (Wildman–Crippen MR) is 59.3 cm³/mol. The Balaban J connectivity index is 1.99. The number of hydrogen-bond acceptors (Lipinski definition) is 5. The van der Waals surface area contributed by atoms with Gasteiger partial charge in [-0.15, -0.1) is 11.3 Å². The van der Waals surface area contributed by atoms with Crippen molar-refractivity contribution in [3.63, 3.8) is 0 Å². The molecule has 86 valence electrons. The molecule has 1 heterocycles. The quantitative estimate of drug-likeness (QED) is 0.597. The molecule has 2 rings (SSSR count). The van der Waals surface area contributed by atoms with Gasteiger partial charge in [0.2, 0.25) is 0 Å². The number of methoxy groups -OCH3 is 1. The molecule has 0 N–H and O–H groups in total. The van der Waals surface area contributed by atoms with E-state index in [1.54, 1.807) is 11.6 Å². The van der Waals surface area contributed by atoms with Gasteiger partial charge in [-0.2, -0.15) is 0 Å². The molecule has 1 aromatic rings. The highest BCUT2D eigenvalue weighted by Gasteiger charge is 2.35. The number of rotatable bonds is 3. The Morgan fingerprint density at radius 3 is 2.81 bits per heavy atom. The molecule has 1 aromatic heterocycles. The van der Waals surface area contributed by atoms with Crippen LogP contribution in [0.2, 0.25) is 0 Å². The summed E-state index contributed by atoms with van der Waals surface area (Å²) in [6, 6.07) is 0. The SMILES string of the molecule is COC(=O)C1CCC(C(=O)c2nccs2)C1. The third-order valence-corrected chi connectivity index (χ3v) is 3.77. The summed E-state index contributed by atoms with van der Waals surface area (Å²) in [6.45, 7) is 0. The van der Waals surface area contributed by atoms with E-state index in [-0.39, 0.29) is 23.6 Å². The van der Waals surface area contributed by atoms with Crippen LogP contribution in [0.5, 0.6) is 0 Å². The van der Waals surface area contributed by atoms with E-state index in [0.29, 0.717) is 11.4 Å². The van der Waals surface area contributed by atoms with E-state index in [4.69, 9.17) is 0 Å². The summed E-state index contributed by atoms with van der Waals surface area (Å²) in [6.07, 6.45) is 3.74. The lowest BCUT2D eigenvalue weighted by Crippen LogP contribution is -2.16. The Bertz CT molecular complexity index is 388. The fourth-order valence-corrected chi connectivity index (χ4v) is 2.78. The van der Waals surface area contributed by atoms with Crippen molar-refractivity contribution in [2.45, 2.75) is 19.3 Å². The van der Waals surface area contributed by atoms with Crippen LogP contribution in [0.15, 0.2) is 11.6 Å². The van der Waals surface area contributed by atoms with Gasteiger partial charge in [0.1, 0.15) is 0 Å². The number of ketones is 1. The molecule has 1 fully saturated rings. The molecule has 0 radical (unpaired) electrons. The number of carbonyl (C=O) groups is 2. The summed E-state index contributed by atoms with van der Waals surface area (Å²) in [5.74, 6) is -0.301. The highest BCUT2D eigenvalue weighted by Crippen LogP contribution is 2.34. The maximum atomic E-state index is 12.0. The van der Waals surface area contributed by atoms with E-state index < -0.39 is 0 Å². The summed E-state index contributed by atoms with van der Waals surface area (Å²) in [5, 5.41) is 2.34. The Hall–Kier alpha value is -1.23. The molecule has 4 nitrogen and oxygen atoms in total. The third kappa shape index (κ3) is 2.14. The van der Waals surface area contributed by atoms with E-state index in [0.717, 1.165) is 12.8 Å². The maximum absolute atomic E-state index is 12.0. The van der Waals surface area contributed by atoms with Crippen LogP contribution in [0.1, 0.15) is 29.1 Å². The number of Topliss-reactive ketones (excluding diaryl/α,β-unsaturated/α-hetero) is 1. The zero-order chi connectivity index (χ0) is 11.5. The number of hydrogen-bond donors (Lipinski definition) is 0. The van der Waals surface area contributed by atoms with Crippen molar-refractivity contribution in [3.05, 3.63) is 16.6 Å². The van der Waals surface area contributed by atoms with Crippen LogP contribution >= 0.6 is 11.3 Å². The van der Waals surface area contributed by atoms with Crippen LogP contribution in [0.3, 0.4) is 0 Å². The molecule has 16 heavy (non-hydrogen) atoms. The molecule has 0 bridgehead atoms. The second-order valence-corrected chi connectivity index (χ2v) is 4.83. The predicted octanol–water partition coefficient (Wildman–Crippen LogP) is 1.92. The number of thiazole rings is 1. The Kier molecular flexibility index (Phi) is 3.33. The van der Waals surface area contributed by atoms with E-state index in [2.05, 4.69) is 9.72 Å². The van der Waals surface area contributed by atoms with E-state index in [9.17, 15) is 9.59 Å². The number of ether oxygens (including phenoxy) is 1. The first-order valence-electron chi connectivity index (χ1n) is 5.24. The van der Waals surface area contributed by atoms with Gasteiger partial charge in [-0.1, -0.05) is 0 Å². The maximum Gasteiger partial charge on any atom is 0.308 e. The third-order valence-electron chi connectivity index (χ3n) is 2.98. The van der Waals surface area contributed by atoms with Gasteiger partial charge in [0, 0.05) is 17.5 Å². The number of carbonyl (C=O) groups excluding carboxylic acids is 2. The molecule has 0 amide bonds. The molecule has 1 aliphatic carbocycles. The first-order valence-corrected chi connectivity index (χ1v) is 6.12. The normalized spacial score (nSPS) is 24.3. The van der Waals surface area contributed by atoms with Crippen molar-refractivity contribution in [2.24, 2.45) is 11.8 Å². The molecule has 1 saturated carbocycles. The smallest absolute Gasteiger partial charge is 0.308 e. The molecule has 0 saturated heterocycles. The summed E-state index contributed by atoms with van der Waals surface area (Å²) >= 11 is 1.36. The minimum absolute atomic E-state index is 0.0600. The average Bonchev–Trinajstić information content (AvgIpc) is 2.97. The van der Waals surface area contributed by atoms with Crippen molar-refractivity contribution >= 4 is 23.1 Å². The van der Waals surface area contributed by atoms with Crippen LogP contribution < -0.4 is 0 Å². The standard InChI is InChI=1S/C11H13NO3S/c1-15-11(14)8-3-2-7(6-8)9(13)10-12-4-5-16-10/h4-5,7-8H,2-3,6H2,1H3. The van der Waals surface area contributed by atoms with Gasteiger partial charge >= 0.3 is 5.97 Å². The minimum atomic E-state index is -0.200. The fourth-order valence-electron chi connectivity index (χ4n) is 2.12. The van der Waals surface area contributed by atoms with Crippen LogP contribution in [0.25, 0.3) is 0 Å². The molecule has 0 aromatic carbocycles. The minimum Gasteiger partial charge on any atom is -0.469 e. The molecule has 2 atom stereocenters. The second kappa shape index (κ2) is 4.74. The van der Waals surface area contributed by atoms with Crippen molar-refractivity contribution in [3.8, 4) is 0 Å². The number of aromatic nitrogens is 1. The summed E-state index contributed by atoms with van der Waals surface area (Å²) in [5.41, 5.74) is 0. The summed E-state index contributed by atoms with van der Waals surface area (Å²) in [7, 11) is 1.39. The Labute approximate surface area is 97.6 Å². The van der Waals surface area contributed by atoms with Crippen molar-refractivity contribution < 1.29 is 14.3 Å². The van der Waals surface area contributed by atoms with E-state index >= 15 is 0 Å². The van der Waals surface area contributed by atoms with Gasteiger partial charge in [-0.05, 0) is 19.3 Å². The van der Waals surface area contributed by atoms with Crippen molar-refractivity contribution in [1.29, 1.82) is 0 Å². The summed E-state index contributed by atoms with van der Waals surface area (Å²) in [4.78, 5) is 27.3. The van der Waals surface area contributed by atoms with Crippen LogP contribution in [-0.4, -0.2) is 23.8 Å². The van der Waals surface area contributed by atoms with Crippen molar-refractivity contribution in [1.82, 2.24) is 4.98 Å². The molecular formula is C11H13NO3S. The zero-order valence-corrected chi connectivity index (χ0v) is 9.83. The second-order valence-electron chi connectivity index (χ2n) is 3.93. The van der Waals surface area contributed by atoms with Crippen molar-refractivity contribution in [2.75, 3.05) is 7.11 Å². The highest BCUT2D eigenvalue weighted by molar-refractivity contribution is 7.11. The zero-order valence-electron chi connectivity index (χ0n) is 9.01. The molecule has 1 aliphatic rings. The number of nitrogens with zero attached hydrogens (tertiary/aromatic N) is 1. The first-order chi connectivity index (χ1) is 7.72. The average molecular weight is 239 g/mol. The Morgan fingerprint density at radius 2 is 2.19 bits per heavy atom.